The minimum atomic E-state index is -0.186. The smallest absolute Gasteiger partial charge is 0.233 e. The van der Waals surface area contributed by atoms with Gasteiger partial charge in [0.05, 0.1) is 18.4 Å². The third kappa shape index (κ3) is 5.41. The van der Waals surface area contributed by atoms with Gasteiger partial charge in [0.25, 0.3) is 0 Å². The second-order valence-electron chi connectivity index (χ2n) is 5.91. The largest absolute Gasteiger partial charge is 0.496 e. The highest BCUT2D eigenvalue weighted by Gasteiger charge is 2.19. The first-order valence-corrected chi connectivity index (χ1v) is 9.57. The summed E-state index contributed by atoms with van der Waals surface area (Å²) in [5.74, 6) is 0.886. The third-order valence-electron chi connectivity index (χ3n) is 4.04. The van der Waals surface area contributed by atoms with E-state index < -0.39 is 0 Å². The maximum absolute atomic E-state index is 12.6. The number of methoxy groups -OCH3 is 1. The number of carbonyl (C=O) groups is 1. The van der Waals surface area contributed by atoms with Crippen molar-refractivity contribution in [2.75, 3.05) is 7.11 Å². The molecule has 3 nitrogen and oxygen atoms in total. The zero-order chi connectivity index (χ0) is 18.4. The van der Waals surface area contributed by atoms with Gasteiger partial charge in [-0.25, -0.2) is 0 Å². The van der Waals surface area contributed by atoms with E-state index in [2.05, 4.69) is 18.3 Å². The average Bonchev–Trinajstić information content (AvgIpc) is 2.61. The van der Waals surface area contributed by atoms with E-state index in [1.54, 1.807) is 7.11 Å². The molecule has 1 N–H and O–H groups in total. The highest BCUT2D eigenvalue weighted by molar-refractivity contribution is 8.00. The number of carbonyl (C=O) groups excluding carboxylic acids is 1. The first kappa shape index (κ1) is 19.7. The number of thioether (sulfide) groups is 1. The Labute approximate surface area is 159 Å². The van der Waals surface area contributed by atoms with E-state index in [1.165, 1.54) is 11.8 Å². The molecule has 0 radical (unpaired) electrons. The van der Waals surface area contributed by atoms with Crippen molar-refractivity contribution in [1.29, 1.82) is 0 Å². The Bertz CT molecular complexity index is 718. The van der Waals surface area contributed by atoms with Crippen molar-refractivity contribution in [2.45, 2.75) is 43.4 Å². The van der Waals surface area contributed by atoms with Crippen molar-refractivity contribution in [1.82, 2.24) is 5.32 Å². The summed E-state index contributed by atoms with van der Waals surface area (Å²) in [5.41, 5.74) is 2.16. The Hall–Kier alpha value is -1.65. The normalized spacial score (nSPS) is 13.2. The zero-order valence-electron chi connectivity index (χ0n) is 15.0. The molecule has 2 atom stereocenters. The van der Waals surface area contributed by atoms with Crippen LogP contribution in [0.1, 0.15) is 37.4 Å². The van der Waals surface area contributed by atoms with Crippen molar-refractivity contribution in [2.24, 2.45) is 0 Å². The van der Waals surface area contributed by atoms with Crippen LogP contribution in [0.5, 0.6) is 5.75 Å². The molecule has 0 aliphatic carbocycles. The summed E-state index contributed by atoms with van der Waals surface area (Å²) in [6, 6.07) is 13.6. The fourth-order valence-electron chi connectivity index (χ4n) is 2.60. The Balaban J connectivity index is 2.03. The molecule has 2 aromatic carbocycles. The molecular weight excluding hydrogens is 354 g/mol. The fourth-order valence-corrected chi connectivity index (χ4v) is 3.60. The van der Waals surface area contributed by atoms with E-state index in [4.69, 9.17) is 16.3 Å². The van der Waals surface area contributed by atoms with Crippen LogP contribution in [-0.2, 0) is 4.79 Å². The molecule has 5 heteroatoms. The molecule has 134 valence electrons. The summed E-state index contributed by atoms with van der Waals surface area (Å²) in [6.07, 6.45) is 0.829. The Morgan fingerprint density at radius 2 is 1.92 bits per heavy atom. The number of hydrogen-bond acceptors (Lipinski definition) is 3. The molecular formula is C20H24ClNO2S. The molecule has 0 spiro atoms. The molecule has 0 fully saturated rings. The summed E-state index contributed by atoms with van der Waals surface area (Å²) in [6.45, 7) is 6.00. The molecule has 2 rings (SSSR count). The second-order valence-corrected chi connectivity index (χ2v) is 7.76. The number of benzene rings is 2. The average molecular weight is 378 g/mol. The molecule has 0 bridgehead atoms. The van der Waals surface area contributed by atoms with Crippen LogP contribution in [0.3, 0.4) is 0 Å². The van der Waals surface area contributed by atoms with Crippen LogP contribution in [0.25, 0.3) is 0 Å². The molecule has 0 aromatic heterocycles. The van der Waals surface area contributed by atoms with Gasteiger partial charge in [-0.3, -0.25) is 4.79 Å². The molecule has 0 heterocycles. The first-order chi connectivity index (χ1) is 11.9. The second kappa shape index (κ2) is 9.16. The van der Waals surface area contributed by atoms with E-state index in [9.17, 15) is 4.79 Å². The van der Waals surface area contributed by atoms with Gasteiger partial charge in [0.2, 0.25) is 5.91 Å². The van der Waals surface area contributed by atoms with Gasteiger partial charge >= 0.3 is 0 Å². The molecule has 0 aliphatic heterocycles. The van der Waals surface area contributed by atoms with Gasteiger partial charge in [0.1, 0.15) is 5.75 Å². The standard InChI is InChI=1S/C20H24ClNO2S/c1-5-18(15-6-11-19(24-4)13(2)12-15)22-20(23)14(3)25-17-9-7-16(21)8-10-17/h6-12,14,18H,5H2,1-4H3,(H,22,23)/t14-,18+/m0/s1. The fraction of sp³-hybridized carbons (Fsp3) is 0.350. The van der Waals surface area contributed by atoms with Crippen molar-refractivity contribution in [3.8, 4) is 5.75 Å². The van der Waals surface area contributed by atoms with Crippen LogP contribution in [0.4, 0.5) is 0 Å². The van der Waals surface area contributed by atoms with Crippen LogP contribution in [-0.4, -0.2) is 18.3 Å². The number of amides is 1. The Kier molecular flexibility index (Phi) is 7.21. The minimum Gasteiger partial charge on any atom is -0.496 e. The lowest BCUT2D eigenvalue weighted by Crippen LogP contribution is -2.34. The molecule has 0 aliphatic rings. The van der Waals surface area contributed by atoms with E-state index in [0.29, 0.717) is 5.02 Å². The predicted molar refractivity (Wildman–Crippen MR) is 106 cm³/mol. The molecule has 0 saturated heterocycles. The summed E-state index contributed by atoms with van der Waals surface area (Å²) in [7, 11) is 1.66. The molecule has 25 heavy (non-hydrogen) atoms. The van der Waals surface area contributed by atoms with Gasteiger partial charge in [0.15, 0.2) is 0 Å². The summed E-state index contributed by atoms with van der Waals surface area (Å²) < 4.78 is 5.31. The van der Waals surface area contributed by atoms with Crippen LogP contribution in [0.15, 0.2) is 47.4 Å². The number of rotatable bonds is 7. The van der Waals surface area contributed by atoms with E-state index in [-0.39, 0.29) is 17.2 Å². The number of hydrogen-bond donors (Lipinski definition) is 1. The topological polar surface area (TPSA) is 38.3 Å². The van der Waals surface area contributed by atoms with Crippen molar-refractivity contribution < 1.29 is 9.53 Å². The number of aryl methyl sites for hydroxylation is 1. The molecule has 0 saturated carbocycles. The monoisotopic (exact) mass is 377 g/mol. The van der Waals surface area contributed by atoms with Gasteiger partial charge < -0.3 is 10.1 Å². The Morgan fingerprint density at radius 1 is 1.24 bits per heavy atom. The molecule has 1 amide bonds. The first-order valence-electron chi connectivity index (χ1n) is 8.31. The lowest BCUT2D eigenvalue weighted by atomic mass is 10.0. The van der Waals surface area contributed by atoms with Crippen molar-refractivity contribution >= 4 is 29.3 Å². The number of ether oxygens (including phenoxy) is 1. The van der Waals surface area contributed by atoms with E-state index in [0.717, 1.165) is 28.2 Å². The van der Waals surface area contributed by atoms with Gasteiger partial charge in [-0.1, -0.05) is 30.7 Å². The van der Waals surface area contributed by atoms with Crippen molar-refractivity contribution in [3.05, 3.63) is 58.6 Å². The van der Waals surface area contributed by atoms with E-state index in [1.807, 2.05) is 50.2 Å². The van der Waals surface area contributed by atoms with Gasteiger partial charge in [0, 0.05) is 9.92 Å². The highest BCUT2D eigenvalue weighted by Crippen LogP contribution is 2.27. The van der Waals surface area contributed by atoms with E-state index >= 15 is 0 Å². The molecule has 0 unspecified atom stereocenters. The number of halogens is 1. The van der Waals surface area contributed by atoms with Crippen molar-refractivity contribution in [3.63, 3.8) is 0 Å². The lowest BCUT2D eigenvalue weighted by molar-refractivity contribution is -0.121. The van der Waals surface area contributed by atoms with Crippen LogP contribution < -0.4 is 10.1 Å². The summed E-state index contributed by atoms with van der Waals surface area (Å²) >= 11 is 7.43. The number of nitrogens with one attached hydrogen (secondary N) is 1. The predicted octanol–water partition coefficient (Wildman–Crippen LogP) is 5.41. The van der Waals surface area contributed by atoms with Gasteiger partial charge in [-0.2, -0.15) is 0 Å². The van der Waals surface area contributed by atoms with Crippen LogP contribution >= 0.6 is 23.4 Å². The maximum atomic E-state index is 12.6. The third-order valence-corrected chi connectivity index (χ3v) is 5.41. The Morgan fingerprint density at radius 3 is 2.48 bits per heavy atom. The zero-order valence-corrected chi connectivity index (χ0v) is 16.6. The van der Waals surface area contributed by atoms with Crippen LogP contribution in [0.2, 0.25) is 5.02 Å². The van der Waals surface area contributed by atoms with Gasteiger partial charge in [-0.05, 0) is 61.7 Å². The highest BCUT2D eigenvalue weighted by atomic mass is 35.5. The molecule has 2 aromatic rings. The lowest BCUT2D eigenvalue weighted by Gasteiger charge is -2.21. The summed E-state index contributed by atoms with van der Waals surface area (Å²) in [5, 5.41) is 3.66. The maximum Gasteiger partial charge on any atom is 0.233 e. The van der Waals surface area contributed by atoms with Gasteiger partial charge in [-0.15, -0.1) is 11.8 Å². The quantitative estimate of drug-likeness (QED) is 0.656. The summed E-state index contributed by atoms with van der Waals surface area (Å²) in [4.78, 5) is 13.6. The van der Waals surface area contributed by atoms with Crippen LogP contribution in [0, 0.1) is 6.92 Å². The SMILES string of the molecule is CC[C@@H](NC(=O)[C@H](C)Sc1ccc(Cl)cc1)c1ccc(OC)c(C)c1. The minimum absolute atomic E-state index is 0.00891.